The van der Waals surface area contributed by atoms with Gasteiger partial charge in [-0.3, -0.25) is 0 Å². The summed E-state index contributed by atoms with van der Waals surface area (Å²) < 4.78 is 31.1. The van der Waals surface area contributed by atoms with Crippen LogP contribution in [0.15, 0.2) is 89.5 Å². The Morgan fingerprint density at radius 1 is 0.938 bits per heavy atom. The van der Waals surface area contributed by atoms with Gasteiger partial charge in [0.05, 0.1) is 24.0 Å². The van der Waals surface area contributed by atoms with Crippen LogP contribution in [-0.4, -0.2) is 15.5 Å². The van der Waals surface area contributed by atoms with Crippen molar-refractivity contribution in [2.24, 2.45) is 0 Å². The lowest BCUT2D eigenvalue weighted by molar-refractivity contribution is 0.194. The number of carbonyl (C=O) groups excluding carboxylic acids is 1. The van der Waals surface area contributed by atoms with Crippen LogP contribution in [0.2, 0.25) is 0 Å². The van der Waals surface area contributed by atoms with Crippen LogP contribution in [0.3, 0.4) is 0 Å². The first kappa shape index (κ1) is 20.5. The SMILES string of the molecule is O=C(Nc1ccccc1Br)N1Cc2ccccc2-n2cccc2C1c1cc(F)cc(F)c1. The van der Waals surface area contributed by atoms with Gasteiger partial charge < -0.3 is 14.8 Å². The van der Waals surface area contributed by atoms with E-state index in [-0.39, 0.29) is 12.6 Å². The Morgan fingerprint density at radius 2 is 1.66 bits per heavy atom. The molecule has 0 saturated carbocycles. The fourth-order valence-electron chi connectivity index (χ4n) is 4.17. The smallest absolute Gasteiger partial charge is 0.318 e. The third kappa shape index (κ3) is 3.69. The first-order valence-electron chi connectivity index (χ1n) is 10.0. The zero-order chi connectivity index (χ0) is 22.2. The Balaban J connectivity index is 1.67. The van der Waals surface area contributed by atoms with Crippen molar-refractivity contribution in [3.63, 3.8) is 0 Å². The molecule has 0 radical (unpaired) electrons. The number of benzene rings is 3. The average Bonchev–Trinajstić information content (AvgIpc) is 3.18. The van der Waals surface area contributed by atoms with Gasteiger partial charge in [-0.1, -0.05) is 30.3 Å². The van der Waals surface area contributed by atoms with Crippen molar-refractivity contribution in [1.29, 1.82) is 0 Å². The number of hydrogen-bond acceptors (Lipinski definition) is 1. The number of nitrogens with one attached hydrogen (secondary N) is 1. The highest BCUT2D eigenvalue weighted by molar-refractivity contribution is 9.10. The number of halogens is 3. The minimum Gasteiger partial charge on any atom is -0.318 e. The van der Waals surface area contributed by atoms with E-state index in [4.69, 9.17) is 0 Å². The number of carbonyl (C=O) groups is 1. The summed E-state index contributed by atoms with van der Waals surface area (Å²) in [4.78, 5) is 15.2. The number of para-hydroxylation sites is 2. The average molecular weight is 494 g/mol. The maximum Gasteiger partial charge on any atom is 0.323 e. The number of urea groups is 1. The molecule has 32 heavy (non-hydrogen) atoms. The van der Waals surface area contributed by atoms with E-state index in [1.54, 1.807) is 11.0 Å². The second kappa shape index (κ2) is 8.24. The Kier molecular flexibility index (Phi) is 5.27. The summed E-state index contributed by atoms with van der Waals surface area (Å²) >= 11 is 3.45. The maximum atomic E-state index is 14.2. The first-order valence-corrected chi connectivity index (χ1v) is 10.8. The molecule has 4 aromatic rings. The first-order chi connectivity index (χ1) is 15.5. The van der Waals surface area contributed by atoms with Crippen molar-refractivity contribution < 1.29 is 13.6 Å². The number of fused-ring (bicyclic) bond motifs is 3. The van der Waals surface area contributed by atoms with Crippen LogP contribution in [0.4, 0.5) is 19.3 Å². The van der Waals surface area contributed by atoms with Gasteiger partial charge in [-0.2, -0.15) is 0 Å². The largest absolute Gasteiger partial charge is 0.323 e. The summed E-state index contributed by atoms with van der Waals surface area (Å²) in [6.45, 7) is 0.261. The minimum absolute atomic E-state index is 0.261. The van der Waals surface area contributed by atoms with Gasteiger partial charge >= 0.3 is 6.03 Å². The predicted molar refractivity (Wildman–Crippen MR) is 123 cm³/mol. The van der Waals surface area contributed by atoms with E-state index in [2.05, 4.69) is 21.2 Å². The zero-order valence-corrected chi connectivity index (χ0v) is 18.4. The van der Waals surface area contributed by atoms with E-state index in [9.17, 15) is 13.6 Å². The molecule has 1 aliphatic rings. The molecule has 1 aliphatic heterocycles. The molecule has 5 rings (SSSR count). The maximum absolute atomic E-state index is 14.2. The van der Waals surface area contributed by atoms with Crippen LogP contribution in [0.5, 0.6) is 0 Å². The van der Waals surface area contributed by atoms with Gasteiger partial charge in [0.15, 0.2) is 0 Å². The zero-order valence-electron chi connectivity index (χ0n) is 16.8. The molecule has 7 heteroatoms. The fourth-order valence-corrected chi connectivity index (χ4v) is 4.56. The summed E-state index contributed by atoms with van der Waals surface area (Å²) in [5.41, 5.74) is 3.55. The topological polar surface area (TPSA) is 37.3 Å². The van der Waals surface area contributed by atoms with E-state index in [1.165, 1.54) is 12.1 Å². The highest BCUT2D eigenvalue weighted by atomic mass is 79.9. The van der Waals surface area contributed by atoms with Crippen molar-refractivity contribution in [3.8, 4) is 5.69 Å². The summed E-state index contributed by atoms with van der Waals surface area (Å²) in [7, 11) is 0. The van der Waals surface area contributed by atoms with Crippen LogP contribution < -0.4 is 5.32 Å². The summed E-state index contributed by atoms with van der Waals surface area (Å²) in [6, 6.07) is 21.1. The van der Waals surface area contributed by atoms with Gasteiger partial charge in [0.1, 0.15) is 11.6 Å². The molecule has 0 saturated heterocycles. The molecule has 1 atom stereocenters. The van der Waals surface area contributed by atoms with Crippen molar-refractivity contribution >= 4 is 27.6 Å². The molecule has 0 aliphatic carbocycles. The van der Waals surface area contributed by atoms with E-state index in [0.29, 0.717) is 11.3 Å². The molecule has 3 aromatic carbocycles. The number of nitrogens with zero attached hydrogens (tertiary/aromatic N) is 2. The fraction of sp³-hybridized carbons (Fsp3) is 0.0800. The Morgan fingerprint density at radius 3 is 2.44 bits per heavy atom. The van der Waals surface area contributed by atoms with Crippen LogP contribution in [0.25, 0.3) is 5.69 Å². The quantitative estimate of drug-likeness (QED) is 0.333. The van der Waals surface area contributed by atoms with Gasteiger partial charge in [-0.05, 0) is 69.5 Å². The third-order valence-electron chi connectivity index (χ3n) is 5.54. The number of hydrogen-bond donors (Lipinski definition) is 1. The molecule has 1 N–H and O–H groups in total. The molecule has 2 amide bonds. The normalized spacial score (nSPS) is 15.0. The van der Waals surface area contributed by atoms with Crippen LogP contribution in [0.1, 0.15) is 22.9 Å². The van der Waals surface area contributed by atoms with Crippen LogP contribution in [-0.2, 0) is 6.54 Å². The van der Waals surface area contributed by atoms with E-state index in [0.717, 1.165) is 27.5 Å². The second-order valence-electron chi connectivity index (χ2n) is 7.57. The Bertz CT molecular complexity index is 1300. The highest BCUT2D eigenvalue weighted by Gasteiger charge is 2.33. The number of rotatable bonds is 2. The Hall–Kier alpha value is -3.45. The molecule has 160 valence electrons. The van der Waals surface area contributed by atoms with E-state index in [1.807, 2.05) is 65.4 Å². The summed E-state index contributed by atoms with van der Waals surface area (Å²) in [5, 5.41) is 2.93. The predicted octanol–water partition coefficient (Wildman–Crippen LogP) is 6.66. The second-order valence-corrected chi connectivity index (χ2v) is 8.43. The number of anilines is 1. The van der Waals surface area contributed by atoms with Crippen molar-refractivity contribution in [2.45, 2.75) is 12.6 Å². The van der Waals surface area contributed by atoms with Crippen molar-refractivity contribution in [1.82, 2.24) is 9.47 Å². The molecular formula is C25H18BrF2N3O. The lowest BCUT2D eigenvalue weighted by Gasteiger charge is -2.31. The highest BCUT2D eigenvalue weighted by Crippen LogP contribution is 2.37. The van der Waals surface area contributed by atoms with Gasteiger partial charge in [0, 0.05) is 22.4 Å². The van der Waals surface area contributed by atoms with E-state index >= 15 is 0 Å². The third-order valence-corrected chi connectivity index (χ3v) is 6.23. The molecule has 1 aromatic heterocycles. The lowest BCUT2D eigenvalue weighted by atomic mass is 10.0. The van der Waals surface area contributed by atoms with Gasteiger partial charge in [-0.15, -0.1) is 0 Å². The molecule has 1 unspecified atom stereocenters. The molecule has 4 nitrogen and oxygen atoms in total. The van der Waals surface area contributed by atoms with Gasteiger partial charge in [0.2, 0.25) is 0 Å². The molecular weight excluding hydrogens is 476 g/mol. The summed E-state index contributed by atoms with van der Waals surface area (Å²) in [5.74, 6) is -1.38. The minimum atomic E-state index is -0.704. The molecule has 0 bridgehead atoms. The molecule has 0 fully saturated rings. The van der Waals surface area contributed by atoms with Crippen LogP contribution in [0, 0.1) is 11.6 Å². The van der Waals surface area contributed by atoms with Crippen molar-refractivity contribution in [3.05, 3.63) is 118 Å². The number of aromatic nitrogens is 1. The van der Waals surface area contributed by atoms with Crippen molar-refractivity contribution in [2.75, 3.05) is 5.32 Å². The number of amides is 2. The lowest BCUT2D eigenvalue weighted by Crippen LogP contribution is -2.38. The standard InChI is InChI=1S/C25H18BrF2N3O/c26-20-7-2-3-8-21(20)29-25(32)31-15-16-6-1-4-9-22(16)30-11-5-10-23(30)24(31)17-12-18(27)14-19(28)13-17/h1-14,24H,15H2,(H,29,32). The monoisotopic (exact) mass is 493 g/mol. The van der Waals surface area contributed by atoms with Crippen LogP contribution >= 0.6 is 15.9 Å². The summed E-state index contributed by atoms with van der Waals surface area (Å²) in [6.07, 6.45) is 1.89. The molecule has 2 heterocycles. The van der Waals surface area contributed by atoms with Gasteiger partial charge in [-0.25, -0.2) is 13.6 Å². The molecule has 0 spiro atoms. The van der Waals surface area contributed by atoms with Gasteiger partial charge in [0.25, 0.3) is 0 Å². The Labute approximate surface area is 192 Å². The van der Waals surface area contributed by atoms with E-state index < -0.39 is 17.7 Å².